The molecule has 0 saturated carbocycles. The van der Waals surface area contributed by atoms with Gasteiger partial charge in [0.15, 0.2) is 11.6 Å². The average Bonchev–Trinajstić information content (AvgIpc) is 2.47. The highest BCUT2D eigenvalue weighted by molar-refractivity contribution is 8.00. The van der Waals surface area contributed by atoms with Crippen LogP contribution in [0.3, 0.4) is 0 Å². The molecule has 1 aliphatic rings. The van der Waals surface area contributed by atoms with Gasteiger partial charge in [-0.15, -0.1) is 0 Å². The van der Waals surface area contributed by atoms with Crippen molar-refractivity contribution in [2.75, 3.05) is 12.9 Å². The lowest BCUT2D eigenvalue weighted by Gasteiger charge is -2.29. The predicted octanol–water partition coefficient (Wildman–Crippen LogP) is 2.49. The standard InChI is InChI=1S/C14H21FN2OS/c1-18-12-6-4-5-10(14(12)15)9-11(17-16)13-7-2-3-8-19-13/h4-6,11,13,17H,2-3,7-9,16H2,1H3. The Morgan fingerprint density at radius 2 is 2.37 bits per heavy atom. The second kappa shape index (κ2) is 7.12. The maximum atomic E-state index is 14.1. The number of nitrogens with one attached hydrogen (secondary N) is 1. The molecule has 0 amide bonds. The molecule has 3 nitrogen and oxygen atoms in total. The predicted molar refractivity (Wildman–Crippen MR) is 77.9 cm³/mol. The summed E-state index contributed by atoms with van der Waals surface area (Å²) >= 11 is 1.93. The monoisotopic (exact) mass is 284 g/mol. The van der Waals surface area contributed by atoms with Gasteiger partial charge in [0.05, 0.1) is 7.11 Å². The van der Waals surface area contributed by atoms with E-state index in [2.05, 4.69) is 5.43 Å². The summed E-state index contributed by atoms with van der Waals surface area (Å²) in [5.41, 5.74) is 3.52. The summed E-state index contributed by atoms with van der Waals surface area (Å²) in [6.07, 6.45) is 4.24. The molecule has 0 bridgehead atoms. The first-order chi connectivity index (χ1) is 9.26. The highest BCUT2D eigenvalue weighted by Crippen LogP contribution is 2.30. The topological polar surface area (TPSA) is 47.3 Å². The number of ether oxygens (including phenoxy) is 1. The van der Waals surface area contributed by atoms with E-state index in [0.717, 1.165) is 6.42 Å². The van der Waals surface area contributed by atoms with Crippen molar-refractivity contribution in [3.8, 4) is 5.75 Å². The molecule has 2 rings (SSSR count). The van der Waals surface area contributed by atoms with Gasteiger partial charge in [0.1, 0.15) is 0 Å². The minimum atomic E-state index is -0.272. The minimum absolute atomic E-state index is 0.104. The molecule has 1 heterocycles. The summed E-state index contributed by atoms with van der Waals surface area (Å²) in [7, 11) is 1.48. The molecule has 1 saturated heterocycles. The number of hydrazine groups is 1. The summed E-state index contributed by atoms with van der Waals surface area (Å²) in [4.78, 5) is 0. The highest BCUT2D eigenvalue weighted by Gasteiger charge is 2.24. The lowest BCUT2D eigenvalue weighted by atomic mass is 9.99. The Morgan fingerprint density at radius 3 is 3.00 bits per heavy atom. The molecule has 0 aliphatic carbocycles. The Balaban J connectivity index is 2.09. The number of thioether (sulfide) groups is 1. The lowest BCUT2D eigenvalue weighted by molar-refractivity contribution is 0.381. The molecule has 0 radical (unpaired) electrons. The third kappa shape index (κ3) is 3.61. The first-order valence-electron chi connectivity index (χ1n) is 6.65. The second-order valence-corrected chi connectivity index (χ2v) is 6.16. The number of methoxy groups -OCH3 is 1. The fourth-order valence-electron chi connectivity index (χ4n) is 2.49. The van der Waals surface area contributed by atoms with Crippen LogP contribution in [0.1, 0.15) is 24.8 Å². The largest absolute Gasteiger partial charge is 0.494 e. The van der Waals surface area contributed by atoms with Crippen LogP contribution in [0, 0.1) is 5.82 Å². The number of nitrogens with two attached hydrogens (primary N) is 1. The van der Waals surface area contributed by atoms with Crippen molar-refractivity contribution in [3.05, 3.63) is 29.6 Å². The Labute approximate surface area is 118 Å². The van der Waals surface area contributed by atoms with E-state index in [-0.39, 0.29) is 11.9 Å². The SMILES string of the molecule is COc1cccc(CC(NN)C2CCCCS2)c1F. The van der Waals surface area contributed by atoms with E-state index in [9.17, 15) is 4.39 Å². The van der Waals surface area contributed by atoms with Gasteiger partial charge in [0.25, 0.3) is 0 Å². The molecular formula is C14H21FN2OS. The van der Waals surface area contributed by atoms with Crippen molar-refractivity contribution in [1.29, 1.82) is 0 Å². The highest BCUT2D eigenvalue weighted by atomic mass is 32.2. The Bertz CT molecular complexity index is 410. The second-order valence-electron chi connectivity index (χ2n) is 4.82. The third-order valence-electron chi connectivity index (χ3n) is 3.58. The van der Waals surface area contributed by atoms with Crippen molar-refractivity contribution in [1.82, 2.24) is 5.43 Å². The first kappa shape index (κ1) is 14.6. The Morgan fingerprint density at radius 1 is 1.53 bits per heavy atom. The molecule has 2 atom stereocenters. The third-order valence-corrected chi connectivity index (χ3v) is 5.10. The fraction of sp³-hybridized carbons (Fsp3) is 0.571. The summed E-state index contributed by atoms with van der Waals surface area (Å²) in [5, 5.41) is 0.462. The number of benzene rings is 1. The van der Waals surface area contributed by atoms with Crippen molar-refractivity contribution in [2.24, 2.45) is 5.84 Å². The Kier molecular flexibility index (Phi) is 5.48. The molecule has 1 aromatic carbocycles. The van der Waals surface area contributed by atoms with Crippen molar-refractivity contribution in [3.63, 3.8) is 0 Å². The lowest BCUT2D eigenvalue weighted by Crippen LogP contribution is -2.45. The zero-order valence-corrected chi connectivity index (χ0v) is 12.0. The van der Waals surface area contributed by atoms with E-state index in [1.807, 2.05) is 17.8 Å². The van der Waals surface area contributed by atoms with Crippen LogP contribution in [-0.4, -0.2) is 24.2 Å². The first-order valence-corrected chi connectivity index (χ1v) is 7.70. The Hall–Kier alpha value is -0.780. The molecule has 0 spiro atoms. The molecule has 0 aromatic heterocycles. The van der Waals surface area contributed by atoms with Gasteiger partial charge in [-0.1, -0.05) is 18.6 Å². The number of rotatable bonds is 5. The van der Waals surface area contributed by atoms with Crippen LogP contribution in [0.2, 0.25) is 0 Å². The molecular weight excluding hydrogens is 263 g/mol. The summed E-state index contributed by atoms with van der Waals surface area (Å²) in [6, 6.07) is 5.36. The quantitative estimate of drug-likeness (QED) is 0.644. The van der Waals surface area contributed by atoms with Crippen LogP contribution >= 0.6 is 11.8 Å². The molecule has 1 fully saturated rings. The van der Waals surface area contributed by atoms with Gasteiger partial charge in [-0.2, -0.15) is 11.8 Å². The van der Waals surface area contributed by atoms with E-state index in [1.54, 1.807) is 12.1 Å². The van der Waals surface area contributed by atoms with Gasteiger partial charge in [-0.25, -0.2) is 4.39 Å². The van der Waals surface area contributed by atoms with E-state index in [0.29, 0.717) is 23.0 Å². The zero-order chi connectivity index (χ0) is 13.7. The summed E-state index contributed by atoms with van der Waals surface area (Å²) < 4.78 is 19.2. The molecule has 19 heavy (non-hydrogen) atoms. The fourth-order valence-corrected chi connectivity index (χ4v) is 3.90. The van der Waals surface area contributed by atoms with Gasteiger partial charge in [0.2, 0.25) is 0 Å². The van der Waals surface area contributed by atoms with Crippen molar-refractivity contribution < 1.29 is 9.13 Å². The van der Waals surface area contributed by atoms with Crippen LogP contribution in [0.5, 0.6) is 5.75 Å². The molecule has 1 aromatic rings. The number of halogens is 1. The number of hydrogen-bond acceptors (Lipinski definition) is 4. The van der Waals surface area contributed by atoms with E-state index in [1.165, 1.54) is 25.7 Å². The molecule has 5 heteroatoms. The van der Waals surface area contributed by atoms with E-state index in [4.69, 9.17) is 10.6 Å². The van der Waals surface area contributed by atoms with Crippen LogP contribution in [0.15, 0.2) is 18.2 Å². The molecule has 3 N–H and O–H groups in total. The van der Waals surface area contributed by atoms with Crippen LogP contribution in [-0.2, 0) is 6.42 Å². The summed E-state index contributed by atoms with van der Waals surface area (Å²) in [5.74, 6) is 6.85. The van der Waals surface area contributed by atoms with Gasteiger partial charge in [-0.05, 0) is 36.6 Å². The maximum Gasteiger partial charge on any atom is 0.168 e. The van der Waals surface area contributed by atoms with Crippen molar-refractivity contribution >= 4 is 11.8 Å². The van der Waals surface area contributed by atoms with Crippen LogP contribution < -0.4 is 16.0 Å². The molecule has 106 valence electrons. The van der Waals surface area contributed by atoms with Crippen molar-refractivity contribution in [2.45, 2.75) is 37.0 Å². The zero-order valence-electron chi connectivity index (χ0n) is 11.2. The minimum Gasteiger partial charge on any atom is -0.494 e. The summed E-state index contributed by atoms with van der Waals surface area (Å²) in [6.45, 7) is 0. The number of hydrogen-bond donors (Lipinski definition) is 2. The molecule has 1 aliphatic heterocycles. The van der Waals surface area contributed by atoms with Gasteiger partial charge >= 0.3 is 0 Å². The normalized spacial score (nSPS) is 21.1. The average molecular weight is 284 g/mol. The van der Waals surface area contributed by atoms with Crippen LogP contribution in [0.4, 0.5) is 4.39 Å². The maximum absolute atomic E-state index is 14.1. The van der Waals surface area contributed by atoms with Crippen LogP contribution in [0.25, 0.3) is 0 Å². The molecule has 2 unspecified atom stereocenters. The van der Waals surface area contributed by atoms with Gasteiger partial charge < -0.3 is 4.74 Å². The van der Waals surface area contributed by atoms with E-state index < -0.39 is 0 Å². The smallest absolute Gasteiger partial charge is 0.168 e. The van der Waals surface area contributed by atoms with Gasteiger partial charge in [0, 0.05) is 11.3 Å². The van der Waals surface area contributed by atoms with E-state index >= 15 is 0 Å². The van der Waals surface area contributed by atoms with Gasteiger partial charge in [-0.3, -0.25) is 11.3 Å².